The number of nitrogens with zero attached hydrogens (tertiary/aromatic N) is 4. The monoisotopic (exact) mass is 262 g/mol. The summed E-state index contributed by atoms with van der Waals surface area (Å²) in [6.07, 6.45) is 2.85. The van der Waals surface area contributed by atoms with Crippen LogP contribution in [0.2, 0.25) is 0 Å². The van der Waals surface area contributed by atoms with Gasteiger partial charge in [-0.25, -0.2) is 9.48 Å². The number of fused-ring (bicyclic) bond motifs is 1. The molecule has 2 rings (SSSR count). The predicted molar refractivity (Wildman–Crippen MR) is 67.2 cm³/mol. The second-order valence-corrected chi connectivity index (χ2v) is 4.50. The molecule has 1 aromatic heterocycles. The van der Waals surface area contributed by atoms with E-state index in [-0.39, 0.29) is 12.5 Å². The van der Waals surface area contributed by atoms with Gasteiger partial charge in [0.2, 0.25) is 0 Å². The van der Waals surface area contributed by atoms with Gasteiger partial charge < -0.3 is 5.11 Å². The molecule has 0 saturated heterocycles. The summed E-state index contributed by atoms with van der Waals surface area (Å²) in [4.78, 5) is 21.5. The predicted octanol–water partition coefficient (Wildman–Crippen LogP) is 0.530. The van der Waals surface area contributed by atoms with Gasteiger partial charge in [0.05, 0.1) is 5.69 Å². The van der Waals surface area contributed by atoms with Crippen molar-refractivity contribution in [2.75, 3.05) is 6.54 Å². The van der Waals surface area contributed by atoms with E-state index in [2.05, 4.69) is 10.2 Å². The second kappa shape index (κ2) is 5.07. The molecule has 0 radical (unpaired) electrons. The lowest BCUT2D eigenvalue weighted by molar-refractivity contribution is -0.138. The molecule has 0 aromatic carbocycles. The van der Waals surface area contributed by atoms with Crippen LogP contribution < -0.4 is 0 Å². The SMILES string of the molecule is CC(C)C1=NN(CC(=O)O)C(C=C=O)c2ccnn21. The fraction of sp³-hybridized carbons (Fsp3) is 0.417. The Hall–Kier alpha value is -2.40. The lowest BCUT2D eigenvalue weighted by Crippen LogP contribution is -2.39. The van der Waals surface area contributed by atoms with Crippen molar-refractivity contribution in [1.82, 2.24) is 14.8 Å². The number of rotatable bonds is 4. The average molecular weight is 262 g/mol. The molecule has 1 atom stereocenters. The zero-order valence-electron chi connectivity index (χ0n) is 10.6. The summed E-state index contributed by atoms with van der Waals surface area (Å²) >= 11 is 0. The van der Waals surface area contributed by atoms with Crippen LogP contribution in [-0.2, 0) is 9.59 Å². The summed E-state index contributed by atoms with van der Waals surface area (Å²) in [5.41, 5.74) is 0.711. The van der Waals surface area contributed by atoms with Gasteiger partial charge >= 0.3 is 5.97 Å². The normalized spacial score (nSPS) is 17.7. The minimum Gasteiger partial charge on any atom is -0.480 e. The molecular formula is C12H14N4O3. The molecule has 0 bridgehead atoms. The second-order valence-electron chi connectivity index (χ2n) is 4.50. The Balaban J connectivity index is 2.50. The Bertz CT molecular complexity index is 569. The first-order chi connectivity index (χ1) is 9.04. The zero-order chi connectivity index (χ0) is 14.0. The Morgan fingerprint density at radius 3 is 2.95 bits per heavy atom. The molecule has 0 amide bonds. The highest BCUT2D eigenvalue weighted by atomic mass is 16.4. The Morgan fingerprint density at radius 2 is 2.37 bits per heavy atom. The third-order valence-electron chi connectivity index (χ3n) is 2.78. The first-order valence-corrected chi connectivity index (χ1v) is 5.86. The molecule has 0 aliphatic carbocycles. The van der Waals surface area contributed by atoms with Crippen LogP contribution in [0.3, 0.4) is 0 Å². The Labute approximate surface area is 109 Å². The van der Waals surface area contributed by atoms with Gasteiger partial charge in [-0.1, -0.05) is 13.8 Å². The van der Waals surface area contributed by atoms with Crippen LogP contribution in [0, 0.1) is 5.92 Å². The molecule has 100 valence electrons. The largest absolute Gasteiger partial charge is 0.480 e. The first kappa shape index (κ1) is 13.0. The maximum Gasteiger partial charge on any atom is 0.324 e. The van der Waals surface area contributed by atoms with Crippen molar-refractivity contribution >= 4 is 17.7 Å². The first-order valence-electron chi connectivity index (χ1n) is 5.86. The van der Waals surface area contributed by atoms with Gasteiger partial charge in [-0.3, -0.25) is 9.80 Å². The minimum atomic E-state index is -1.01. The van der Waals surface area contributed by atoms with Crippen molar-refractivity contribution in [2.45, 2.75) is 19.9 Å². The van der Waals surface area contributed by atoms with E-state index in [1.54, 1.807) is 22.9 Å². The Kier molecular flexibility index (Phi) is 3.48. The van der Waals surface area contributed by atoms with Gasteiger partial charge in [0, 0.05) is 18.2 Å². The van der Waals surface area contributed by atoms with Crippen LogP contribution in [0.4, 0.5) is 0 Å². The van der Waals surface area contributed by atoms with Crippen molar-refractivity contribution < 1.29 is 14.7 Å². The van der Waals surface area contributed by atoms with Gasteiger partial charge in [-0.15, -0.1) is 0 Å². The van der Waals surface area contributed by atoms with E-state index in [1.165, 1.54) is 11.1 Å². The average Bonchev–Trinajstić information content (AvgIpc) is 2.79. The van der Waals surface area contributed by atoms with E-state index in [0.29, 0.717) is 11.5 Å². The van der Waals surface area contributed by atoms with E-state index in [1.807, 2.05) is 13.8 Å². The van der Waals surface area contributed by atoms with Crippen molar-refractivity contribution in [3.05, 3.63) is 24.0 Å². The molecule has 2 heterocycles. The minimum absolute atomic E-state index is 0.0797. The molecular weight excluding hydrogens is 248 g/mol. The number of carboxylic acids is 1. The van der Waals surface area contributed by atoms with Crippen LogP contribution in [0.25, 0.3) is 0 Å². The summed E-state index contributed by atoms with van der Waals surface area (Å²) in [5, 5.41) is 18.8. The van der Waals surface area contributed by atoms with E-state index < -0.39 is 12.0 Å². The van der Waals surface area contributed by atoms with Crippen molar-refractivity contribution in [2.24, 2.45) is 11.0 Å². The summed E-state index contributed by atoms with van der Waals surface area (Å²) in [5.74, 6) is 1.41. The number of hydrogen-bond acceptors (Lipinski definition) is 5. The third-order valence-corrected chi connectivity index (χ3v) is 2.78. The number of hydrogen-bond donors (Lipinski definition) is 1. The summed E-state index contributed by atoms with van der Waals surface area (Å²) < 4.78 is 1.64. The van der Waals surface area contributed by atoms with E-state index in [0.717, 1.165) is 0 Å². The lowest BCUT2D eigenvalue weighted by Gasteiger charge is -2.31. The van der Waals surface area contributed by atoms with Crippen LogP contribution in [-0.4, -0.2) is 44.2 Å². The number of hydrazone groups is 1. The molecule has 7 nitrogen and oxygen atoms in total. The molecule has 1 aliphatic rings. The number of carboxylic acid groups (broad SMARTS) is 1. The van der Waals surface area contributed by atoms with Crippen molar-refractivity contribution in [1.29, 1.82) is 0 Å². The zero-order valence-corrected chi connectivity index (χ0v) is 10.6. The van der Waals surface area contributed by atoms with Gasteiger partial charge in [0.15, 0.2) is 5.84 Å². The van der Waals surface area contributed by atoms with Gasteiger partial charge in [0.1, 0.15) is 18.5 Å². The number of carbonyl (C=O) groups is 1. The maximum absolute atomic E-state index is 10.9. The smallest absolute Gasteiger partial charge is 0.324 e. The molecule has 0 fully saturated rings. The van der Waals surface area contributed by atoms with Gasteiger partial charge in [-0.2, -0.15) is 10.2 Å². The quantitative estimate of drug-likeness (QED) is 0.800. The van der Waals surface area contributed by atoms with E-state index in [4.69, 9.17) is 5.11 Å². The molecule has 0 spiro atoms. The summed E-state index contributed by atoms with van der Waals surface area (Å²) in [6, 6.07) is 1.18. The molecule has 1 N–H and O–H groups in total. The Morgan fingerprint density at radius 1 is 1.63 bits per heavy atom. The van der Waals surface area contributed by atoms with Crippen LogP contribution in [0.5, 0.6) is 0 Å². The van der Waals surface area contributed by atoms with E-state index >= 15 is 0 Å². The molecule has 7 heteroatoms. The molecule has 1 unspecified atom stereocenters. The molecule has 1 aromatic rings. The molecule has 0 saturated carbocycles. The van der Waals surface area contributed by atoms with E-state index in [9.17, 15) is 9.59 Å². The topological polar surface area (TPSA) is 87.8 Å². The highest BCUT2D eigenvalue weighted by Gasteiger charge is 2.30. The lowest BCUT2D eigenvalue weighted by atomic mass is 10.1. The number of carbonyl (C=O) groups excluding carboxylic acids is 1. The fourth-order valence-corrected chi connectivity index (χ4v) is 1.99. The standard InChI is InChI=1S/C12H14N4O3/c1-8(2)12-14-15(7-11(18)19)9(4-6-17)10-3-5-13-16(10)12/h3-5,8-9H,7H2,1-2H3,(H,18,19). The van der Waals surface area contributed by atoms with Crippen molar-refractivity contribution in [3.63, 3.8) is 0 Å². The van der Waals surface area contributed by atoms with Crippen LogP contribution in [0.1, 0.15) is 25.6 Å². The van der Waals surface area contributed by atoms with Gasteiger partial charge in [-0.05, 0) is 6.07 Å². The number of aliphatic carboxylic acids is 1. The maximum atomic E-state index is 10.9. The fourth-order valence-electron chi connectivity index (χ4n) is 1.99. The van der Waals surface area contributed by atoms with Crippen LogP contribution in [0.15, 0.2) is 23.4 Å². The summed E-state index contributed by atoms with van der Waals surface area (Å²) in [6.45, 7) is 3.60. The highest BCUT2D eigenvalue weighted by molar-refractivity contribution is 5.87. The third kappa shape index (κ3) is 2.41. The molecule has 19 heavy (non-hydrogen) atoms. The highest BCUT2D eigenvalue weighted by Crippen LogP contribution is 2.27. The van der Waals surface area contributed by atoms with Crippen molar-refractivity contribution in [3.8, 4) is 0 Å². The van der Waals surface area contributed by atoms with Gasteiger partial charge in [0.25, 0.3) is 0 Å². The number of aromatic nitrogens is 2. The molecule has 1 aliphatic heterocycles. The summed E-state index contributed by atoms with van der Waals surface area (Å²) in [7, 11) is 0. The van der Waals surface area contributed by atoms with Crippen LogP contribution >= 0.6 is 0 Å².